The number of carbonyl (C=O) groups excluding carboxylic acids is 1. The minimum Gasteiger partial charge on any atom is -0.294 e. The van der Waals surface area contributed by atoms with Gasteiger partial charge < -0.3 is 0 Å². The van der Waals surface area contributed by atoms with Crippen molar-refractivity contribution in [3.8, 4) is 6.07 Å². The molecule has 204 valence electrons. The second kappa shape index (κ2) is 15.1. The summed E-state index contributed by atoms with van der Waals surface area (Å²) in [6.45, 7) is 15.0. The van der Waals surface area contributed by atoms with E-state index in [1.54, 1.807) is 6.92 Å². The van der Waals surface area contributed by atoms with E-state index in [-0.39, 0.29) is 4.91 Å². The second-order valence-electron chi connectivity index (χ2n) is 6.32. The Labute approximate surface area is 208 Å². The van der Waals surface area contributed by atoms with Gasteiger partial charge in [0.15, 0.2) is 53.6 Å². The smallest absolute Gasteiger partial charge is 0.294 e. The van der Waals surface area contributed by atoms with Gasteiger partial charge in [0.05, 0.1) is 13.2 Å². The van der Waals surface area contributed by atoms with Crippen LogP contribution in [-0.2, 0) is 58.4 Å². The summed E-state index contributed by atoms with van der Waals surface area (Å²) in [5, 5.41) is 7.79. The third-order valence-electron chi connectivity index (χ3n) is 2.77. The zero-order chi connectivity index (χ0) is 29.8. The van der Waals surface area contributed by atoms with E-state index >= 15 is 0 Å². The monoisotopic (exact) mass is 599 g/mol. The maximum Gasteiger partial charge on any atom is 0.307 e. The molecule has 0 saturated carbocycles. The lowest BCUT2D eigenvalue weighted by Gasteiger charge is -2.00. The van der Waals surface area contributed by atoms with Crippen LogP contribution < -0.4 is 0 Å². The number of nitriles is 1. The van der Waals surface area contributed by atoms with Crippen molar-refractivity contribution < 1.29 is 51.1 Å². The summed E-state index contributed by atoms with van der Waals surface area (Å²) in [4.78, 5) is 9.98. The molecule has 0 amide bonds. The van der Waals surface area contributed by atoms with Crippen molar-refractivity contribution >= 4 is 55.3 Å². The van der Waals surface area contributed by atoms with Crippen molar-refractivity contribution in [2.75, 3.05) is 32.1 Å². The van der Waals surface area contributed by atoms with Crippen LogP contribution in [0.1, 0.15) is 13.8 Å². The van der Waals surface area contributed by atoms with E-state index in [2.05, 4.69) is 30.5 Å². The molecule has 0 spiro atoms. The van der Waals surface area contributed by atoms with E-state index in [0.29, 0.717) is 5.57 Å². The van der Waals surface area contributed by atoms with Gasteiger partial charge in [-0.1, -0.05) is 26.3 Å². The van der Waals surface area contributed by atoms with Crippen LogP contribution in [0.15, 0.2) is 45.3 Å². The zero-order valence-electron chi connectivity index (χ0n) is 20.2. The number of nitrogens with zero attached hydrogens (tertiary/aromatic N) is 1. The van der Waals surface area contributed by atoms with Crippen LogP contribution in [0.2, 0.25) is 0 Å². The zero-order valence-corrected chi connectivity index (χ0v) is 24.3. The molecule has 13 nitrogen and oxygen atoms in total. The molecule has 0 unspecified atom stereocenters. The first-order valence-electron chi connectivity index (χ1n) is 8.24. The Morgan fingerprint density at radius 2 is 0.914 bits per heavy atom. The summed E-state index contributed by atoms with van der Waals surface area (Å²) < 4.78 is 108. The lowest BCUT2D eigenvalue weighted by atomic mass is 10.4. The second-order valence-corrected chi connectivity index (χ2v) is 16.7. The highest BCUT2D eigenvalue weighted by atomic mass is 32.3. The molecule has 0 heterocycles. The molecule has 0 aromatic heterocycles. The Bertz CT molecular complexity index is 1390. The van der Waals surface area contributed by atoms with Gasteiger partial charge in [0.1, 0.15) is 4.91 Å². The summed E-state index contributed by atoms with van der Waals surface area (Å²) >= 11 is 0. The molecule has 0 N–H and O–H groups in total. The Morgan fingerprint density at radius 3 is 0.943 bits per heavy atom. The Hall–Kier alpha value is -2.17. The van der Waals surface area contributed by atoms with Crippen LogP contribution in [0.4, 0.5) is 0 Å². The van der Waals surface area contributed by atoms with Crippen molar-refractivity contribution in [3.63, 3.8) is 0 Å². The molecule has 0 rings (SSSR count). The first-order valence-corrected chi connectivity index (χ1v) is 17.2. The van der Waals surface area contributed by atoms with Crippen LogP contribution in [0.25, 0.3) is 0 Å². The fraction of sp³-hybridized carbons (Fsp3) is 0.412. The Kier molecular flexibility index (Phi) is 17.2. The molecule has 0 aliphatic rings. The minimum absolute atomic E-state index is 0.331. The fourth-order valence-electron chi connectivity index (χ4n) is 0.814. The van der Waals surface area contributed by atoms with Gasteiger partial charge in [-0.2, -0.15) is 13.7 Å². The van der Waals surface area contributed by atoms with Gasteiger partial charge in [-0.25, -0.2) is 33.7 Å². The SMILES string of the molecule is C=C(C(C)=O)S(C)(=O)=O.C=C(C)C#N.C=C(S(C)(=O)=O)S(=O)(=O)OC.C=C(S(C)(=O)=O)S(C)(=O)=O. The van der Waals surface area contributed by atoms with E-state index in [4.69, 9.17) is 5.26 Å². The highest BCUT2D eigenvalue weighted by Gasteiger charge is 2.24. The molecule has 35 heavy (non-hydrogen) atoms. The molecule has 0 fully saturated rings. The van der Waals surface area contributed by atoms with Gasteiger partial charge in [0.25, 0.3) is 0 Å². The maximum absolute atomic E-state index is 10.6. The average Bonchev–Trinajstić information content (AvgIpc) is 2.64. The van der Waals surface area contributed by atoms with E-state index in [1.165, 1.54) is 6.92 Å². The minimum atomic E-state index is -4.14. The number of sulfone groups is 4. The summed E-state index contributed by atoms with van der Waals surface area (Å²) in [6.07, 6.45) is 3.30. The highest BCUT2D eigenvalue weighted by molar-refractivity contribution is 8.13. The van der Waals surface area contributed by atoms with E-state index in [9.17, 15) is 46.9 Å². The van der Waals surface area contributed by atoms with Gasteiger partial charge in [-0.3, -0.25) is 8.98 Å². The van der Waals surface area contributed by atoms with Crippen molar-refractivity contribution in [3.05, 3.63) is 45.3 Å². The van der Waals surface area contributed by atoms with E-state index < -0.39 is 63.7 Å². The number of hydrogen-bond acceptors (Lipinski definition) is 13. The first-order chi connectivity index (χ1) is 15.0. The van der Waals surface area contributed by atoms with Gasteiger partial charge >= 0.3 is 10.1 Å². The summed E-state index contributed by atoms with van der Waals surface area (Å²) in [5.41, 5.74) is 0.560. The fourth-order valence-corrected chi connectivity index (χ4v) is 5.41. The molecule has 0 aliphatic carbocycles. The number of hydrogen-bond donors (Lipinski definition) is 0. The molecule has 0 radical (unpaired) electrons. The predicted molar refractivity (Wildman–Crippen MR) is 134 cm³/mol. The third kappa shape index (κ3) is 20.9. The van der Waals surface area contributed by atoms with Crippen molar-refractivity contribution in [1.29, 1.82) is 5.26 Å². The van der Waals surface area contributed by atoms with E-state index in [1.807, 2.05) is 6.07 Å². The molecule has 18 heteroatoms. The Morgan fingerprint density at radius 1 is 0.657 bits per heavy atom. The first kappa shape index (κ1) is 40.0. The van der Waals surface area contributed by atoms with Gasteiger partial charge in [-0.15, -0.1) is 0 Å². The largest absolute Gasteiger partial charge is 0.307 e. The third-order valence-corrected chi connectivity index (χ3v) is 10.8. The molecule has 0 aliphatic heterocycles. The maximum atomic E-state index is 10.6. The number of rotatable bonds is 7. The lowest BCUT2D eigenvalue weighted by Crippen LogP contribution is -2.12. The summed E-state index contributed by atoms with van der Waals surface area (Å²) in [6, 6.07) is 1.83. The van der Waals surface area contributed by atoms with Crippen molar-refractivity contribution in [2.24, 2.45) is 0 Å². The molecular weight excluding hydrogens is 571 g/mol. The quantitative estimate of drug-likeness (QED) is 0.218. The number of allylic oxidation sites excluding steroid dienone is 2. The van der Waals surface area contributed by atoms with E-state index in [0.717, 1.165) is 32.1 Å². The summed E-state index contributed by atoms with van der Waals surface area (Å²) in [7, 11) is -17.7. The average molecular weight is 600 g/mol. The van der Waals surface area contributed by atoms with Gasteiger partial charge in [0, 0.05) is 30.6 Å². The van der Waals surface area contributed by atoms with Crippen molar-refractivity contribution in [2.45, 2.75) is 13.8 Å². The summed E-state index contributed by atoms with van der Waals surface area (Å²) in [5.74, 6) is -0.502. The van der Waals surface area contributed by atoms with Gasteiger partial charge in [0.2, 0.25) is 0 Å². The van der Waals surface area contributed by atoms with Crippen LogP contribution in [-0.4, -0.2) is 80.0 Å². The molecule has 0 bridgehead atoms. The lowest BCUT2D eigenvalue weighted by molar-refractivity contribution is -0.113. The molecule has 0 aromatic carbocycles. The topological polar surface area (TPSA) is 221 Å². The van der Waals surface area contributed by atoms with Crippen LogP contribution in [0, 0.1) is 11.3 Å². The molecule has 0 aromatic rings. The van der Waals surface area contributed by atoms with Crippen molar-refractivity contribution in [1.82, 2.24) is 0 Å². The normalized spacial score (nSPS) is 11.4. The number of Topliss-reactive ketones (excluding diaryl/α,β-unsaturated/α-hetero) is 1. The number of carbonyl (C=O) groups is 1. The van der Waals surface area contributed by atoms with Gasteiger partial charge in [-0.05, 0) is 13.8 Å². The standard InChI is InChI=1S/C5H8O3S.C4H5N.C4H8O5S2.C4H8O4S2/c1-4(6)5(2)9(3,7)8;1-4(2)3-5;1-4(10(3,5)6)11(7,8)9-2;1-4(9(2,5)6)10(3,7)8/h2H2,1,3H3;1H2,2H3;1H2,2-3H3;1H2,2-3H3. The number of ketones is 1. The molecular formula is C17H29NO12S5. The van der Waals surface area contributed by atoms with Crippen LogP contribution in [0.5, 0.6) is 0 Å². The van der Waals surface area contributed by atoms with Crippen LogP contribution >= 0.6 is 0 Å². The molecule has 0 saturated heterocycles. The predicted octanol–water partition coefficient (Wildman–Crippen LogP) is 0.245. The van der Waals surface area contributed by atoms with Crippen LogP contribution in [0.3, 0.4) is 0 Å². The molecule has 0 atom stereocenters. The Balaban J connectivity index is -0.000000189. The highest BCUT2D eigenvalue weighted by Crippen LogP contribution is 2.11.